The molecule has 4 rings (SSSR count). The van der Waals surface area contributed by atoms with Gasteiger partial charge in [-0.1, -0.05) is 12.1 Å². The molecule has 4 aromatic rings. The lowest BCUT2D eigenvalue weighted by molar-refractivity contribution is 0.340. The van der Waals surface area contributed by atoms with E-state index in [-0.39, 0.29) is 5.75 Å². The summed E-state index contributed by atoms with van der Waals surface area (Å²) in [6, 6.07) is 20.5. The standard InChI is InChI=1S/C24H22N4O3S/c1-3-31-18-11-9-17(10-12-18)26-23(24-27-19-6-4-5-7-22(19)32-24)28-25-15-16-8-13-20(29)21(14-16)30-2/h4-15,29H,3H2,1-2H3,(H,26,28)/b25-15+. The molecule has 0 saturated heterocycles. The number of hydrogen-bond donors (Lipinski definition) is 2. The van der Waals surface area contributed by atoms with E-state index in [0.29, 0.717) is 18.2 Å². The quantitative estimate of drug-likeness (QED) is 0.234. The highest BCUT2D eigenvalue weighted by Crippen LogP contribution is 2.26. The van der Waals surface area contributed by atoms with Crippen LogP contribution in [0.5, 0.6) is 17.2 Å². The molecule has 2 N–H and O–H groups in total. The Morgan fingerprint density at radius 3 is 2.69 bits per heavy atom. The Hall–Kier alpha value is -3.91. The lowest BCUT2D eigenvalue weighted by atomic mass is 10.2. The van der Waals surface area contributed by atoms with Crippen LogP contribution in [0.25, 0.3) is 10.2 Å². The number of aromatic nitrogens is 1. The summed E-state index contributed by atoms with van der Waals surface area (Å²) in [6.07, 6.45) is 1.63. The van der Waals surface area contributed by atoms with E-state index < -0.39 is 0 Å². The van der Waals surface area contributed by atoms with Crippen molar-refractivity contribution >= 4 is 39.3 Å². The zero-order valence-electron chi connectivity index (χ0n) is 17.6. The van der Waals surface area contributed by atoms with Crippen LogP contribution in [0, 0.1) is 0 Å². The van der Waals surface area contributed by atoms with Gasteiger partial charge in [-0.15, -0.1) is 11.3 Å². The zero-order chi connectivity index (χ0) is 22.3. The van der Waals surface area contributed by atoms with Crippen molar-refractivity contribution < 1.29 is 14.6 Å². The van der Waals surface area contributed by atoms with Crippen LogP contribution in [0.3, 0.4) is 0 Å². The monoisotopic (exact) mass is 446 g/mol. The molecule has 0 bridgehead atoms. The number of aromatic hydroxyl groups is 1. The second-order valence-electron chi connectivity index (χ2n) is 6.68. The second kappa shape index (κ2) is 9.93. The van der Waals surface area contributed by atoms with Gasteiger partial charge in [-0.05, 0) is 67.1 Å². The molecule has 0 unspecified atom stereocenters. The van der Waals surface area contributed by atoms with E-state index in [1.807, 2.05) is 55.5 Å². The van der Waals surface area contributed by atoms with Gasteiger partial charge in [0.15, 0.2) is 22.3 Å². The summed E-state index contributed by atoms with van der Waals surface area (Å²) in [7, 11) is 1.50. The fraction of sp³-hybridized carbons (Fsp3) is 0.125. The molecule has 0 atom stereocenters. The van der Waals surface area contributed by atoms with Gasteiger partial charge in [0.2, 0.25) is 0 Å². The predicted octanol–water partition coefficient (Wildman–Crippen LogP) is 5.11. The van der Waals surface area contributed by atoms with Gasteiger partial charge in [0.05, 0.1) is 35.8 Å². The number of rotatable bonds is 7. The molecule has 0 aliphatic rings. The molecule has 0 aliphatic heterocycles. The van der Waals surface area contributed by atoms with Gasteiger partial charge in [-0.25, -0.2) is 9.98 Å². The van der Waals surface area contributed by atoms with Gasteiger partial charge < -0.3 is 14.6 Å². The molecule has 0 spiro atoms. The molecule has 3 aromatic carbocycles. The van der Waals surface area contributed by atoms with Crippen LogP contribution in [-0.2, 0) is 0 Å². The summed E-state index contributed by atoms with van der Waals surface area (Å²) in [4.78, 5) is 9.42. The first-order valence-corrected chi connectivity index (χ1v) is 10.8. The van der Waals surface area contributed by atoms with Crippen molar-refractivity contribution in [2.45, 2.75) is 6.92 Å². The number of benzene rings is 3. The molecule has 0 radical (unpaired) electrons. The van der Waals surface area contributed by atoms with Crippen LogP contribution in [0.4, 0.5) is 5.69 Å². The van der Waals surface area contributed by atoms with Crippen LogP contribution in [0.15, 0.2) is 76.8 Å². The minimum Gasteiger partial charge on any atom is -0.504 e. The highest BCUT2D eigenvalue weighted by molar-refractivity contribution is 7.20. The van der Waals surface area contributed by atoms with Crippen molar-refractivity contribution in [2.24, 2.45) is 10.1 Å². The molecule has 1 heterocycles. The van der Waals surface area contributed by atoms with E-state index in [9.17, 15) is 5.11 Å². The summed E-state index contributed by atoms with van der Waals surface area (Å²) in [5, 5.41) is 14.8. The van der Waals surface area contributed by atoms with Crippen molar-refractivity contribution in [3.8, 4) is 17.2 Å². The van der Waals surface area contributed by atoms with E-state index >= 15 is 0 Å². The highest BCUT2D eigenvalue weighted by Gasteiger charge is 2.11. The number of nitrogens with zero attached hydrogens (tertiary/aromatic N) is 3. The van der Waals surface area contributed by atoms with E-state index in [4.69, 9.17) is 19.5 Å². The van der Waals surface area contributed by atoms with Gasteiger partial charge in [-0.2, -0.15) is 5.10 Å². The molecule has 0 fully saturated rings. The first-order chi connectivity index (χ1) is 15.7. The Balaban J connectivity index is 1.64. The molecular weight excluding hydrogens is 424 g/mol. The molecule has 1 aromatic heterocycles. The topological polar surface area (TPSA) is 88.3 Å². The van der Waals surface area contributed by atoms with Crippen LogP contribution < -0.4 is 14.9 Å². The van der Waals surface area contributed by atoms with Crippen molar-refractivity contribution in [1.82, 2.24) is 10.4 Å². The average Bonchev–Trinajstić information content (AvgIpc) is 3.25. The Kier molecular flexibility index (Phi) is 6.62. The fourth-order valence-corrected chi connectivity index (χ4v) is 3.85. The Morgan fingerprint density at radius 2 is 1.94 bits per heavy atom. The van der Waals surface area contributed by atoms with Crippen LogP contribution in [-0.4, -0.2) is 35.9 Å². The predicted molar refractivity (Wildman–Crippen MR) is 129 cm³/mol. The second-order valence-corrected chi connectivity index (χ2v) is 7.71. The summed E-state index contributed by atoms with van der Waals surface area (Å²) in [5.41, 5.74) is 5.43. The molecule has 0 aliphatic carbocycles. The Labute approximate surface area is 189 Å². The van der Waals surface area contributed by atoms with Crippen LogP contribution in [0.2, 0.25) is 0 Å². The van der Waals surface area contributed by atoms with Gasteiger partial charge in [0, 0.05) is 0 Å². The number of aliphatic imine (C=N–C) groups is 1. The fourth-order valence-electron chi connectivity index (χ4n) is 2.95. The number of hydrogen-bond acceptors (Lipinski definition) is 7. The molecule has 7 nitrogen and oxygen atoms in total. The largest absolute Gasteiger partial charge is 0.504 e. The number of hydrazone groups is 1. The zero-order valence-corrected chi connectivity index (χ0v) is 18.5. The van der Waals surface area contributed by atoms with E-state index in [2.05, 4.69) is 10.5 Å². The van der Waals surface area contributed by atoms with E-state index in [1.165, 1.54) is 18.4 Å². The number of phenols is 1. The third-order valence-corrected chi connectivity index (χ3v) is 5.52. The molecule has 32 heavy (non-hydrogen) atoms. The maximum Gasteiger partial charge on any atom is 0.183 e. The number of para-hydroxylation sites is 1. The maximum atomic E-state index is 9.76. The number of ether oxygens (including phenoxy) is 2. The maximum absolute atomic E-state index is 9.76. The minimum atomic E-state index is 0.0739. The Bertz CT molecular complexity index is 1230. The number of fused-ring (bicyclic) bond motifs is 1. The smallest absolute Gasteiger partial charge is 0.183 e. The summed E-state index contributed by atoms with van der Waals surface area (Å²) >= 11 is 1.53. The van der Waals surface area contributed by atoms with Crippen molar-refractivity contribution in [1.29, 1.82) is 0 Å². The first kappa shape index (κ1) is 21.3. The molecule has 8 heteroatoms. The SMILES string of the molecule is CCOc1ccc(N=C(N/N=C/c2ccc(O)c(OC)c2)c2nc3ccccc3s2)cc1. The number of phenolic OH excluding ortho intramolecular Hbond substituents is 1. The van der Waals surface area contributed by atoms with Crippen molar-refractivity contribution in [2.75, 3.05) is 13.7 Å². The first-order valence-electron chi connectivity index (χ1n) is 10.00. The molecule has 0 saturated carbocycles. The normalized spacial score (nSPS) is 11.8. The van der Waals surface area contributed by atoms with Crippen molar-refractivity contribution in [3.63, 3.8) is 0 Å². The third-order valence-electron chi connectivity index (χ3n) is 4.47. The lowest BCUT2D eigenvalue weighted by Crippen LogP contribution is -2.18. The lowest BCUT2D eigenvalue weighted by Gasteiger charge is -2.05. The average molecular weight is 447 g/mol. The van der Waals surface area contributed by atoms with Gasteiger partial charge in [-0.3, -0.25) is 5.43 Å². The summed E-state index contributed by atoms with van der Waals surface area (Å²) in [6.45, 7) is 2.56. The summed E-state index contributed by atoms with van der Waals surface area (Å²) < 4.78 is 11.7. The molecule has 162 valence electrons. The minimum absolute atomic E-state index is 0.0739. The third kappa shape index (κ3) is 5.04. The summed E-state index contributed by atoms with van der Waals surface area (Å²) in [5.74, 6) is 1.77. The highest BCUT2D eigenvalue weighted by atomic mass is 32.1. The van der Waals surface area contributed by atoms with Crippen molar-refractivity contribution in [3.05, 3.63) is 77.3 Å². The number of thiazole rings is 1. The number of amidine groups is 1. The van der Waals surface area contributed by atoms with Gasteiger partial charge >= 0.3 is 0 Å². The van der Waals surface area contributed by atoms with Crippen LogP contribution in [0.1, 0.15) is 17.5 Å². The number of methoxy groups -OCH3 is 1. The molecule has 0 amide bonds. The Morgan fingerprint density at radius 1 is 1.12 bits per heavy atom. The van der Waals surface area contributed by atoms with Gasteiger partial charge in [0.1, 0.15) is 5.75 Å². The number of nitrogens with one attached hydrogen (secondary N) is 1. The molecular formula is C24H22N4O3S. The van der Waals surface area contributed by atoms with E-state index in [1.54, 1.807) is 24.4 Å². The van der Waals surface area contributed by atoms with Gasteiger partial charge in [0.25, 0.3) is 0 Å². The van der Waals surface area contributed by atoms with E-state index in [0.717, 1.165) is 32.2 Å². The van der Waals surface area contributed by atoms with Crippen LogP contribution >= 0.6 is 11.3 Å².